The Balaban J connectivity index is 2.03. The summed E-state index contributed by atoms with van der Waals surface area (Å²) >= 11 is 1.35. The average molecular weight is 381 g/mol. The van der Waals surface area contributed by atoms with Crippen molar-refractivity contribution in [1.29, 1.82) is 0 Å². The Morgan fingerprint density at radius 2 is 1.74 bits per heavy atom. The first kappa shape index (κ1) is 18.7. The minimum absolute atomic E-state index is 0.320. The van der Waals surface area contributed by atoms with Crippen molar-refractivity contribution in [1.82, 2.24) is 0 Å². The highest BCUT2D eigenvalue weighted by Gasteiger charge is 2.25. The van der Waals surface area contributed by atoms with Crippen molar-refractivity contribution >= 4 is 28.2 Å². The fourth-order valence-electron chi connectivity index (χ4n) is 2.82. The van der Waals surface area contributed by atoms with Crippen LogP contribution in [-0.4, -0.2) is 26.1 Å². The van der Waals surface area contributed by atoms with E-state index in [0.29, 0.717) is 21.9 Å². The summed E-state index contributed by atoms with van der Waals surface area (Å²) in [6.07, 6.45) is 0. The van der Waals surface area contributed by atoms with Gasteiger partial charge in [0.25, 0.3) is 5.91 Å². The van der Waals surface area contributed by atoms with Crippen LogP contribution in [0.2, 0.25) is 0 Å². The van der Waals surface area contributed by atoms with Gasteiger partial charge in [-0.1, -0.05) is 36.4 Å². The predicted molar refractivity (Wildman–Crippen MR) is 107 cm³/mol. The molecule has 0 saturated carbocycles. The number of hydrogen-bond donors (Lipinski definition) is 1. The van der Waals surface area contributed by atoms with Crippen LogP contribution in [0.15, 0.2) is 54.6 Å². The summed E-state index contributed by atoms with van der Waals surface area (Å²) in [7, 11) is 2.87. The SMILES string of the molecule is COC(=O)c1c(NC(=O)c2cccc(OC)c2)sc(C)c1-c1ccccc1. The standard InChI is InChI=1S/C21H19NO4S/c1-13-17(14-8-5-4-6-9-14)18(21(24)26-3)20(27-13)22-19(23)15-10-7-11-16(12-15)25-2/h4-12H,1-3H3,(H,22,23). The van der Waals surface area contributed by atoms with Gasteiger partial charge in [0.1, 0.15) is 16.3 Å². The van der Waals surface area contributed by atoms with Gasteiger partial charge in [0.2, 0.25) is 0 Å². The van der Waals surface area contributed by atoms with Crippen LogP contribution in [0.25, 0.3) is 11.1 Å². The predicted octanol–water partition coefficient (Wildman–Crippen LogP) is 4.77. The molecule has 0 aliphatic rings. The van der Waals surface area contributed by atoms with E-state index in [1.54, 1.807) is 31.4 Å². The molecule has 0 saturated heterocycles. The number of thiophene rings is 1. The van der Waals surface area contributed by atoms with Gasteiger partial charge >= 0.3 is 5.97 Å². The molecule has 0 atom stereocenters. The highest BCUT2D eigenvalue weighted by molar-refractivity contribution is 7.17. The molecule has 3 aromatic rings. The topological polar surface area (TPSA) is 64.6 Å². The smallest absolute Gasteiger partial charge is 0.341 e. The number of methoxy groups -OCH3 is 2. The van der Waals surface area contributed by atoms with E-state index in [1.807, 2.05) is 37.3 Å². The largest absolute Gasteiger partial charge is 0.497 e. The molecule has 5 nitrogen and oxygen atoms in total. The monoisotopic (exact) mass is 381 g/mol. The molecule has 1 aromatic heterocycles. The lowest BCUT2D eigenvalue weighted by Crippen LogP contribution is -2.14. The molecule has 0 aliphatic carbocycles. The van der Waals surface area contributed by atoms with Crippen LogP contribution in [0.4, 0.5) is 5.00 Å². The molecule has 2 aromatic carbocycles. The molecule has 0 radical (unpaired) electrons. The highest BCUT2D eigenvalue weighted by Crippen LogP contribution is 2.40. The Morgan fingerprint density at radius 1 is 1.00 bits per heavy atom. The third kappa shape index (κ3) is 3.85. The Kier molecular flexibility index (Phi) is 5.57. The zero-order valence-electron chi connectivity index (χ0n) is 15.2. The lowest BCUT2D eigenvalue weighted by molar-refractivity contribution is 0.0603. The molecule has 0 spiro atoms. The van der Waals surface area contributed by atoms with Crippen LogP contribution >= 0.6 is 11.3 Å². The summed E-state index contributed by atoms with van der Waals surface area (Å²) in [5.74, 6) is -0.220. The second-order valence-electron chi connectivity index (χ2n) is 5.78. The molecule has 1 N–H and O–H groups in total. The maximum absolute atomic E-state index is 12.7. The van der Waals surface area contributed by atoms with Crippen LogP contribution in [0.1, 0.15) is 25.6 Å². The molecular formula is C21H19NO4S. The molecule has 3 rings (SSSR count). The lowest BCUT2D eigenvalue weighted by Gasteiger charge is -2.09. The third-order valence-electron chi connectivity index (χ3n) is 4.10. The van der Waals surface area contributed by atoms with Crippen molar-refractivity contribution in [3.8, 4) is 16.9 Å². The van der Waals surface area contributed by atoms with Crippen molar-refractivity contribution in [3.63, 3.8) is 0 Å². The first-order valence-electron chi connectivity index (χ1n) is 8.27. The van der Waals surface area contributed by atoms with E-state index in [-0.39, 0.29) is 5.91 Å². The van der Waals surface area contributed by atoms with E-state index < -0.39 is 5.97 Å². The van der Waals surface area contributed by atoms with Crippen molar-refractivity contribution < 1.29 is 19.1 Å². The van der Waals surface area contributed by atoms with E-state index >= 15 is 0 Å². The van der Waals surface area contributed by atoms with E-state index in [4.69, 9.17) is 9.47 Å². The minimum atomic E-state index is -0.487. The van der Waals surface area contributed by atoms with E-state index in [0.717, 1.165) is 16.0 Å². The summed E-state index contributed by atoms with van der Waals surface area (Å²) in [5, 5.41) is 3.31. The first-order valence-corrected chi connectivity index (χ1v) is 9.09. The number of ether oxygens (including phenoxy) is 2. The van der Waals surface area contributed by atoms with Crippen LogP contribution in [0.3, 0.4) is 0 Å². The molecule has 138 valence electrons. The minimum Gasteiger partial charge on any atom is -0.497 e. The molecule has 27 heavy (non-hydrogen) atoms. The van der Waals surface area contributed by atoms with E-state index in [1.165, 1.54) is 18.4 Å². The lowest BCUT2D eigenvalue weighted by atomic mass is 10.0. The molecule has 0 unspecified atom stereocenters. The maximum Gasteiger partial charge on any atom is 0.341 e. The van der Waals surface area contributed by atoms with Gasteiger partial charge in [0, 0.05) is 16.0 Å². The fraction of sp³-hybridized carbons (Fsp3) is 0.143. The third-order valence-corrected chi connectivity index (χ3v) is 5.12. The van der Waals surface area contributed by atoms with Crippen molar-refractivity contribution in [2.45, 2.75) is 6.92 Å². The fourth-order valence-corrected chi connectivity index (χ4v) is 3.88. The summed E-state index contributed by atoms with van der Waals surface area (Å²) < 4.78 is 10.1. The zero-order chi connectivity index (χ0) is 19.4. The van der Waals surface area contributed by atoms with Gasteiger partial charge in [-0.05, 0) is 30.7 Å². The summed E-state index contributed by atoms with van der Waals surface area (Å²) in [6, 6.07) is 16.4. The first-order chi connectivity index (χ1) is 13.0. The number of nitrogens with one attached hydrogen (secondary N) is 1. The molecule has 1 amide bonds. The van der Waals surface area contributed by atoms with Gasteiger partial charge in [0.15, 0.2) is 0 Å². The van der Waals surface area contributed by atoms with Crippen molar-refractivity contribution in [2.75, 3.05) is 19.5 Å². The molecule has 0 fully saturated rings. The number of rotatable bonds is 5. The van der Waals surface area contributed by atoms with Gasteiger partial charge in [-0.3, -0.25) is 4.79 Å². The van der Waals surface area contributed by atoms with Crippen molar-refractivity contribution in [3.05, 3.63) is 70.6 Å². The van der Waals surface area contributed by atoms with Gasteiger partial charge in [-0.25, -0.2) is 4.79 Å². The second kappa shape index (κ2) is 8.05. The van der Waals surface area contributed by atoms with E-state index in [2.05, 4.69) is 5.32 Å². The molecule has 0 bridgehead atoms. The van der Waals surface area contributed by atoms with Gasteiger partial charge in [-0.2, -0.15) is 0 Å². The van der Waals surface area contributed by atoms with Gasteiger partial charge in [-0.15, -0.1) is 11.3 Å². The molecular weight excluding hydrogens is 362 g/mol. The molecule has 6 heteroatoms. The number of aryl methyl sites for hydroxylation is 1. The number of hydrogen-bond acceptors (Lipinski definition) is 5. The zero-order valence-corrected chi connectivity index (χ0v) is 16.1. The quantitative estimate of drug-likeness (QED) is 0.647. The van der Waals surface area contributed by atoms with Crippen LogP contribution in [0.5, 0.6) is 5.75 Å². The number of carbonyl (C=O) groups excluding carboxylic acids is 2. The number of anilines is 1. The molecule has 0 aliphatic heterocycles. The summed E-state index contributed by atoms with van der Waals surface area (Å²) in [6.45, 7) is 1.92. The Labute approximate surface area is 161 Å². The number of benzene rings is 2. The maximum atomic E-state index is 12.7. The molecule has 1 heterocycles. The van der Waals surface area contributed by atoms with Crippen LogP contribution in [-0.2, 0) is 4.74 Å². The average Bonchev–Trinajstić information content (AvgIpc) is 3.03. The second-order valence-corrected chi connectivity index (χ2v) is 7.01. The number of esters is 1. The normalized spacial score (nSPS) is 10.3. The summed E-state index contributed by atoms with van der Waals surface area (Å²) in [5.41, 5.74) is 2.47. The Hall–Kier alpha value is -3.12. The Bertz CT molecular complexity index is 979. The van der Waals surface area contributed by atoms with Crippen LogP contribution in [0, 0.1) is 6.92 Å². The van der Waals surface area contributed by atoms with Crippen molar-refractivity contribution in [2.24, 2.45) is 0 Å². The van der Waals surface area contributed by atoms with E-state index in [9.17, 15) is 9.59 Å². The highest BCUT2D eigenvalue weighted by atomic mass is 32.1. The number of amides is 1. The summed E-state index contributed by atoms with van der Waals surface area (Å²) in [4.78, 5) is 26.1. The van der Waals surface area contributed by atoms with Gasteiger partial charge in [0.05, 0.1) is 14.2 Å². The number of carbonyl (C=O) groups is 2. The van der Waals surface area contributed by atoms with Crippen LogP contribution < -0.4 is 10.1 Å². The Morgan fingerprint density at radius 3 is 2.41 bits per heavy atom. The van der Waals surface area contributed by atoms with Gasteiger partial charge < -0.3 is 14.8 Å².